The molecular weight excluding hydrogens is 244 g/mol. The van der Waals surface area contributed by atoms with Crippen LogP contribution in [0.3, 0.4) is 0 Å². The van der Waals surface area contributed by atoms with E-state index in [1.165, 1.54) is 5.56 Å². The summed E-state index contributed by atoms with van der Waals surface area (Å²) in [5.41, 5.74) is 2.27. The van der Waals surface area contributed by atoms with E-state index in [9.17, 15) is 0 Å². The molecule has 1 fully saturated rings. The van der Waals surface area contributed by atoms with E-state index in [4.69, 9.17) is 9.47 Å². The van der Waals surface area contributed by atoms with Gasteiger partial charge in [0.1, 0.15) is 0 Å². The number of rotatable bonds is 1. The molecule has 14 heavy (non-hydrogen) atoms. The Balaban J connectivity index is 2.40. The lowest BCUT2D eigenvalue weighted by atomic mass is 10.1. The fourth-order valence-electron chi connectivity index (χ4n) is 1.68. The van der Waals surface area contributed by atoms with Crippen LogP contribution in [0.25, 0.3) is 0 Å². The standard InChI is InChI=1S/C11H13BrO2/c1-8-5-9(7-10(12)6-8)11(2)13-3-4-14-11/h5-7H,3-4H2,1-2H3. The highest BCUT2D eigenvalue weighted by atomic mass is 79.9. The maximum Gasteiger partial charge on any atom is 0.192 e. The predicted molar refractivity (Wildman–Crippen MR) is 58.1 cm³/mol. The first-order valence-electron chi connectivity index (χ1n) is 4.66. The molecule has 2 nitrogen and oxygen atoms in total. The minimum absolute atomic E-state index is 0.561. The van der Waals surface area contributed by atoms with Gasteiger partial charge < -0.3 is 9.47 Å². The first-order chi connectivity index (χ1) is 6.60. The fraction of sp³-hybridized carbons (Fsp3) is 0.455. The van der Waals surface area contributed by atoms with Gasteiger partial charge >= 0.3 is 0 Å². The van der Waals surface area contributed by atoms with Crippen LogP contribution >= 0.6 is 15.9 Å². The molecule has 2 rings (SSSR count). The molecule has 1 heterocycles. The minimum atomic E-state index is -0.561. The molecule has 0 bridgehead atoms. The van der Waals surface area contributed by atoms with E-state index in [0.29, 0.717) is 13.2 Å². The van der Waals surface area contributed by atoms with E-state index in [1.807, 2.05) is 13.0 Å². The molecule has 0 N–H and O–H groups in total. The van der Waals surface area contributed by atoms with E-state index in [1.54, 1.807) is 0 Å². The summed E-state index contributed by atoms with van der Waals surface area (Å²) >= 11 is 3.47. The lowest BCUT2D eigenvalue weighted by Gasteiger charge is -2.23. The molecule has 0 unspecified atom stereocenters. The van der Waals surface area contributed by atoms with Gasteiger partial charge in [0, 0.05) is 10.0 Å². The van der Waals surface area contributed by atoms with Gasteiger partial charge in [-0.15, -0.1) is 0 Å². The SMILES string of the molecule is Cc1cc(Br)cc(C2(C)OCCO2)c1. The normalized spacial score (nSPS) is 19.9. The molecule has 76 valence electrons. The third-order valence-electron chi connectivity index (χ3n) is 2.40. The van der Waals surface area contributed by atoms with E-state index < -0.39 is 5.79 Å². The Morgan fingerprint density at radius 3 is 2.43 bits per heavy atom. The van der Waals surface area contributed by atoms with Crippen LogP contribution in [0.15, 0.2) is 22.7 Å². The third-order valence-corrected chi connectivity index (χ3v) is 2.86. The lowest BCUT2D eigenvalue weighted by Crippen LogP contribution is -2.22. The molecule has 1 aliphatic heterocycles. The maximum absolute atomic E-state index is 5.59. The number of hydrogen-bond donors (Lipinski definition) is 0. The highest BCUT2D eigenvalue weighted by molar-refractivity contribution is 9.10. The molecule has 0 aliphatic carbocycles. The van der Waals surface area contributed by atoms with Gasteiger partial charge in [0.15, 0.2) is 5.79 Å². The van der Waals surface area contributed by atoms with E-state index >= 15 is 0 Å². The minimum Gasteiger partial charge on any atom is -0.344 e. The number of ether oxygens (including phenoxy) is 2. The second kappa shape index (κ2) is 3.65. The highest BCUT2D eigenvalue weighted by Crippen LogP contribution is 2.32. The first kappa shape index (κ1) is 10.1. The largest absolute Gasteiger partial charge is 0.344 e. The quantitative estimate of drug-likeness (QED) is 0.770. The van der Waals surface area contributed by atoms with Gasteiger partial charge in [0.05, 0.1) is 13.2 Å². The van der Waals surface area contributed by atoms with Crippen LogP contribution in [0.2, 0.25) is 0 Å². The molecule has 1 aromatic rings. The van der Waals surface area contributed by atoms with Crippen molar-refractivity contribution in [3.8, 4) is 0 Å². The summed E-state index contributed by atoms with van der Waals surface area (Å²) in [7, 11) is 0. The van der Waals surface area contributed by atoms with Crippen molar-refractivity contribution in [3.63, 3.8) is 0 Å². The average Bonchev–Trinajstić information content (AvgIpc) is 2.52. The highest BCUT2D eigenvalue weighted by Gasteiger charge is 2.33. The number of benzene rings is 1. The summed E-state index contributed by atoms with van der Waals surface area (Å²) in [5.74, 6) is -0.561. The lowest BCUT2D eigenvalue weighted by molar-refractivity contribution is -0.149. The summed E-state index contributed by atoms with van der Waals surface area (Å²) < 4.78 is 12.2. The Morgan fingerprint density at radius 1 is 1.21 bits per heavy atom. The number of aryl methyl sites for hydroxylation is 1. The molecule has 1 aromatic carbocycles. The zero-order chi connectivity index (χ0) is 10.2. The number of halogens is 1. The van der Waals surface area contributed by atoms with Gasteiger partial charge in [0.2, 0.25) is 0 Å². The van der Waals surface area contributed by atoms with Crippen molar-refractivity contribution in [2.75, 3.05) is 13.2 Å². The van der Waals surface area contributed by atoms with Crippen LogP contribution in [-0.4, -0.2) is 13.2 Å². The Labute approximate surface area is 92.3 Å². The van der Waals surface area contributed by atoms with Gasteiger partial charge in [-0.2, -0.15) is 0 Å². The van der Waals surface area contributed by atoms with Crippen LogP contribution in [0.1, 0.15) is 18.1 Å². The Morgan fingerprint density at radius 2 is 1.86 bits per heavy atom. The van der Waals surface area contributed by atoms with Crippen molar-refractivity contribution in [3.05, 3.63) is 33.8 Å². The van der Waals surface area contributed by atoms with Crippen molar-refractivity contribution in [1.29, 1.82) is 0 Å². The third kappa shape index (κ3) is 1.85. The zero-order valence-corrected chi connectivity index (χ0v) is 9.93. The zero-order valence-electron chi connectivity index (χ0n) is 8.34. The second-order valence-corrected chi connectivity index (χ2v) is 4.58. The van der Waals surface area contributed by atoms with Crippen molar-refractivity contribution >= 4 is 15.9 Å². The maximum atomic E-state index is 5.59. The molecular formula is C11H13BrO2. The molecule has 1 aliphatic rings. The number of hydrogen-bond acceptors (Lipinski definition) is 2. The molecule has 0 saturated carbocycles. The smallest absolute Gasteiger partial charge is 0.192 e. The van der Waals surface area contributed by atoms with Crippen molar-refractivity contribution in [1.82, 2.24) is 0 Å². The molecule has 3 heteroatoms. The van der Waals surface area contributed by atoms with Gasteiger partial charge in [-0.25, -0.2) is 0 Å². The van der Waals surface area contributed by atoms with Crippen molar-refractivity contribution in [2.45, 2.75) is 19.6 Å². The van der Waals surface area contributed by atoms with Crippen LogP contribution in [0.4, 0.5) is 0 Å². The predicted octanol–water partition coefficient (Wildman–Crippen LogP) is 2.98. The van der Waals surface area contributed by atoms with Gasteiger partial charge in [-0.1, -0.05) is 22.0 Å². The topological polar surface area (TPSA) is 18.5 Å². The van der Waals surface area contributed by atoms with Crippen LogP contribution in [0, 0.1) is 6.92 Å². The van der Waals surface area contributed by atoms with E-state index in [0.717, 1.165) is 10.0 Å². The van der Waals surface area contributed by atoms with Crippen molar-refractivity contribution in [2.24, 2.45) is 0 Å². The van der Waals surface area contributed by atoms with E-state index in [2.05, 4.69) is 35.0 Å². The molecule has 0 aromatic heterocycles. The molecule has 0 spiro atoms. The average molecular weight is 257 g/mol. The van der Waals surface area contributed by atoms with Crippen LogP contribution < -0.4 is 0 Å². The summed E-state index contributed by atoms with van der Waals surface area (Å²) in [6.07, 6.45) is 0. The van der Waals surface area contributed by atoms with Crippen molar-refractivity contribution < 1.29 is 9.47 Å². The van der Waals surface area contributed by atoms with Crippen LogP contribution in [0.5, 0.6) is 0 Å². The molecule has 0 radical (unpaired) electrons. The monoisotopic (exact) mass is 256 g/mol. The van der Waals surface area contributed by atoms with Gasteiger partial charge in [0.25, 0.3) is 0 Å². The molecule has 1 saturated heterocycles. The Hall–Kier alpha value is -0.380. The molecule has 0 amide bonds. The second-order valence-electron chi connectivity index (χ2n) is 3.66. The van der Waals surface area contributed by atoms with E-state index in [-0.39, 0.29) is 0 Å². The summed E-state index contributed by atoms with van der Waals surface area (Å²) in [6.45, 7) is 5.36. The summed E-state index contributed by atoms with van der Waals surface area (Å²) in [6, 6.07) is 6.20. The fourth-order valence-corrected chi connectivity index (χ4v) is 2.29. The Bertz CT molecular complexity index is 323. The van der Waals surface area contributed by atoms with Gasteiger partial charge in [-0.05, 0) is 31.5 Å². The van der Waals surface area contributed by atoms with Gasteiger partial charge in [-0.3, -0.25) is 0 Å². The summed E-state index contributed by atoms with van der Waals surface area (Å²) in [4.78, 5) is 0. The first-order valence-corrected chi connectivity index (χ1v) is 5.45. The Kier molecular flexibility index (Phi) is 2.64. The van der Waals surface area contributed by atoms with Crippen LogP contribution in [-0.2, 0) is 15.3 Å². The summed E-state index contributed by atoms with van der Waals surface area (Å²) in [5, 5.41) is 0. The molecule has 0 atom stereocenters.